The van der Waals surface area contributed by atoms with Crippen LogP contribution in [0.1, 0.15) is 49.2 Å². The zero-order valence-corrected chi connectivity index (χ0v) is 17.8. The molecule has 0 bridgehead atoms. The molecule has 1 unspecified atom stereocenters. The van der Waals surface area contributed by atoms with Crippen LogP contribution in [0.3, 0.4) is 0 Å². The summed E-state index contributed by atoms with van der Waals surface area (Å²) in [7, 11) is 0. The van der Waals surface area contributed by atoms with Crippen molar-refractivity contribution >= 4 is 5.97 Å². The third-order valence-electron chi connectivity index (χ3n) is 4.76. The first kappa shape index (κ1) is 21.6. The summed E-state index contributed by atoms with van der Waals surface area (Å²) in [5.41, 5.74) is 3.65. The molecule has 1 atom stereocenters. The Morgan fingerprint density at radius 1 is 0.800 bits per heavy atom. The Hall–Kier alpha value is -3.11. The highest BCUT2D eigenvalue weighted by Crippen LogP contribution is 2.24. The highest BCUT2D eigenvalue weighted by atomic mass is 16.5. The molecule has 156 valence electrons. The first-order valence-corrected chi connectivity index (χ1v) is 10.4. The van der Waals surface area contributed by atoms with Crippen molar-refractivity contribution in [2.45, 2.75) is 33.3 Å². The van der Waals surface area contributed by atoms with Gasteiger partial charge in [-0.15, -0.1) is 0 Å². The second kappa shape index (κ2) is 10.6. The maximum absolute atomic E-state index is 12.5. The third kappa shape index (κ3) is 5.71. The molecule has 0 aromatic heterocycles. The highest BCUT2D eigenvalue weighted by molar-refractivity contribution is 5.91. The fraction of sp³-hybridized carbons (Fsp3) is 0.269. The average molecular weight is 405 g/mol. The van der Waals surface area contributed by atoms with Gasteiger partial charge >= 0.3 is 5.97 Å². The van der Waals surface area contributed by atoms with E-state index in [4.69, 9.17) is 14.2 Å². The summed E-state index contributed by atoms with van der Waals surface area (Å²) in [5, 5.41) is 0. The molecule has 3 aromatic carbocycles. The van der Waals surface area contributed by atoms with Gasteiger partial charge in [-0.25, -0.2) is 4.79 Å². The molecule has 0 amide bonds. The Kier molecular flexibility index (Phi) is 7.63. The van der Waals surface area contributed by atoms with E-state index in [1.807, 2.05) is 62.4 Å². The van der Waals surface area contributed by atoms with E-state index in [1.54, 1.807) is 24.3 Å². The van der Waals surface area contributed by atoms with Crippen molar-refractivity contribution in [1.29, 1.82) is 0 Å². The maximum Gasteiger partial charge on any atom is 0.343 e. The van der Waals surface area contributed by atoms with Gasteiger partial charge in [-0.05, 0) is 73.4 Å². The average Bonchev–Trinajstić information content (AvgIpc) is 2.79. The largest absolute Gasteiger partial charge is 0.494 e. The Morgan fingerprint density at radius 3 is 1.93 bits per heavy atom. The second-order valence-corrected chi connectivity index (χ2v) is 7.01. The smallest absolute Gasteiger partial charge is 0.343 e. The van der Waals surface area contributed by atoms with Gasteiger partial charge in [0.25, 0.3) is 0 Å². The Bertz CT molecular complexity index is 928. The summed E-state index contributed by atoms with van der Waals surface area (Å²) in [4.78, 5) is 12.5. The molecule has 0 radical (unpaired) electrons. The van der Waals surface area contributed by atoms with Gasteiger partial charge in [0.1, 0.15) is 11.5 Å². The van der Waals surface area contributed by atoms with Crippen LogP contribution in [0.15, 0.2) is 72.8 Å². The second-order valence-electron chi connectivity index (χ2n) is 7.01. The standard InChI is InChI=1S/C26H28O4/c1-4-18-29-24-14-12-22(13-15-24)21-6-8-23(9-7-21)26(27)30-25-16-10-20(11-17-25)19(3)28-5-2/h6-17,19H,4-5,18H2,1-3H3. The van der Waals surface area contributed by atoms with E-state index >= 15 is 0 Å². The molecule has 3 rings (SSSR count). The Morgan fingerprint density at radius 2 is 1.37 bits per heavy atom. The van der Waals surface area contributed by atoms with Crippen molar-refractivity contribution in [3.05, 3.63) is 83.9 Å². The fourth-order valence-corrected chi connectivity index (χ4v) is 3.08. The first-order valence-electron chi connectivity index (χ1n) is 10.4. The van der Waals surface area contributed by atoms with E-state index in [9.17, 15) is 4.79 Å². The number of carbonyl (C=O) groups excluding carboxylic acids is 1. The topological polar surface area (TPSA) is 44.8 Å². The molecule has 0 saturated heterocycles. The monoisotopic (exact) mass is 404 g/mol. The predicted octanol–water partition coefficient (Wildman–Crippen LogP) is 6.46. The summed E-state index contributed by atoms with van der Waals surface area (Å²) in [6.45, 7) is 7.42. The molecule has 3 aromatic rings. The number of benzene rings is 3. The number of rotatable bonds is 9. The molecule has 4 nitrogen and oxygen atoms in total. The summed E-state index contributed by atoms with van der Waals surface area (Å²) in [6.07, 6.45) is 0.995. The highest BCUT2D eigenvalue weighted by Gasteiger charge is 2.10. The van der Waals surface area contributed by atoms with Crippen LogP contribution in [0.4, 0.5) is 0 Å². The molecule has 0 saturated carbocycles. The van der Waals surface area contributed by atoms with Crippen molar-refractivity contribution in [2.24, 2.45) is 0 Å². The van der Waals surface area contributed by atoms with Crippen LogP contribution >= 0.6 is 0 Å². The van der Waals surface area contributed by atoms with Crippen molar-refractivity contribution in [2.75, 3.05) is 13.2 Å². The summed E-state index contributed by atoms with van der Waals surface area (Å²) >= 11 is 0. The van der Waals surface area contributed by atoms with E-state index in [1.165, 1.54) is 0 Å². The van der Waals surface area contributed by atoms with Crippen LogP contribution in [0.25, 0.3) is 11.1 Å². The number of ether oxygens (including phenoxy) is 3. The fourth-order valence-electron chi connectivity index (χ4n) is 3.08. The van der Waals surface area contributed by atoms with E-state index in [0.29, 0.717) is 24.5 Å². The minimum Gasteiger partial charge on any atom is -0.494 e. The molecule has 30 heavy (non-hydrogen) atoms. The van der Waals surface area contributed by atoms with E-state index in [-0.39, 0.29) is 12.1 Å². The van der Waals surface area contributed by atoms with Crippen LogP contribution in [0.5, 0.6) is 11.5 Å². The van der Waals surface area contributed by atoms with Crippen LogP contribution in [0.2, 0.25) is 0 Å². The van der Waals surface area contributed by atoms with Crippen molar-refractivity contribution in [3.63, 3.8) is 0 Å². The van der Waals surface area contributed by atoms with E-state index < -0.39 is 0 Å². The van der Waals surface area contributed by atoms with Gasteiger partial charge in [-0.1, -0.05) is 43.3 Å². The minimum absolute atomic E-state index is 0.0135. The van der Waals surface area contributed by atoms with Gasteiger partial charge in [-0.3, -0.25) is 0 Å². The molecule has 0 aliphatic rings. The third-order valence-corrected chi connectivity index (χ3v) is 4.76. The number of esters is 1. The van der Waals surface area contributed by atoms with Gasteiger partial charge in [0.15, 0.2) is 0 Å². The van der Waals surface area contributed by atoms with Gasteiger partial charge in [-0.2, -0.15) is 0 Å². The molecule has 0 heterocycles. The van der Waals surface area contributed by atoms with E-state index in [0.717, 1.165) is 28.9 Å². The lowest BCUT2D eigenvalue weighted by Gasteiger charge is -2.12. The zero-order chi connectivity index (χ0) is 21.3. The lowest BCUT2D eigenvalue weighted by molar-refractivity contribution is 0.0733. The lowest BCUT2D eigenvalue weighted by Crippen LogP contribution is -2.08. The molecule has 0 aliphatic heterocycles. The molecular formula is C26H28O4. The Balaban J connectivity index is 1.62. The molecule has 0 fully saturated rings. The normalized spacial score (nSPS) is 11.7. The minimum atomic E-state index is -0.379. The van der Waals surface area contributed by atoms with Gasteiger partial charge in [0.05, 0.1) is 18.3 Å². The summed E-state index contributed by atoms with van der Waals surface area (Å²) in [5.74, 6) is 0.997. The van der Waals surface area contributed by atoms with Gasteiger partial charge < -0.3 is 14.2 Å². The van der Waals surface area contributed by atoms with Crippen molar-refractivity contribution < 1.29 is 19.0 Å². The zero-order valence-electron chi connectivity index (χ0n) is 17.8. The molecule has 0 N–H and O–H groups in total. The SMILES string of the molecule is CCCOc1ccc(-c2ccc(C(=O)Oc3ccc(C(C)OCC)cc3)cc2)cc1. The lowest BCUT2D eigenvalue weighted by atomic mass is 10.0. The molecule has 4 heteroatoms. The summed E-state index contributed by atoms with van der Waals surface area (Å²) < 4.78 is 16.7. The van der Waals surface area contributed by atoms with Crippen LogP contribution in [-0.2, 0) is 4.74 Å². The Labute approximate surface area is 178 Å². The van der Waals surface area contributed by atoms with Crippen LogP contribution < -0.4 is 9.47 Å². The van der Waals surface area contributed by atoms with Crippen molar-refractivity contribution in [1.82, 2.24) is 0 Å². The quantitative estimate of drug-likeness (QED) is 0.303. The van der Waals surface area contributed by atoms with Crippen LogP contribution in [0, 0.1) is 0 Å². The van der Waals surface area contributed by atoms with Crippen LogP contribution in [-0.4, -0.2) is 19.2 Å². The predicted molar refractivity (Wildman–Crippen MR) is 119 cm³/mol. The van der Waals surface area contributed by atoms with Crippen molar-refractivity contribution in [3.8, 4) is 22.6 Å². The summed E-state index contributed by atoms with van der Waals surface area (Å²) in [6, 6.07) is 22.8. The molecule has 0 spiro atoms. The maximum atomic E-state index is 12.5. The molecule has 0 aliphatic carbocycles. The van der Waals surface area contributed by atoms with Gasteiger partial charge in [0, 0.05) is 6.61 Å². The van der Waals surface area contributed by atoms with E-state index in [2.05, 4.69) is 6.92 Å². The number of carbonyl (C=O) groups is 1. The number of hydrogen-bond acceptors (Lipinski definition) is 4. The first-order chi connectivity index (χ1) is 14.6. The van der Waals surface area contributed by atoms with Gasteiger partial charge in [0.2, 0.25) is 0 Å². The number of hydrogen-bond donors (Lipinski definition) is 0. The molecular weight excluding hydrogens is 376 g/mol.